The van der Waals surface area contributed by atoms with Crippen molar-refractivity contribution in [3.05, 3.63) is 13.8 Å². The molecule has 3 radical (unpaired) electrons. The SMILES string of the molecule is CC(=O)O.CC(=O)O.CC(=O)[O][Sn][O]C(C)=O.CCCCS.[CH2-]C.[CH2-]C.[Cu].[Zn+2]. The summed E-state index contributed by atoms with van der Waals surface area (Å²) in [5, 5.41) is 14.8. The van der Waals surface area contributed by atoms with Gasteiger partial charge in [-0.25, -0.2) is 0 Å². The number of hydrogen-bond acceptors (Lipinski definition) is 7. The molecule has 0 rings (SSSR count). The van der Waals surface area contributed by atoms with Crippen molar-refractivity contribution in [3.63, 3.8) is 0 Å². The summed E-state index contributed by atoms with van der Waals surface area (Å²) >= 11 is 2.37. The van der Waals surface area contributed by atoms with Gasteiger partial charge in [-0.3, -0.25) is 9.59 Å². The van der Waals surface area contributed by atoms with Gasteiger partial charge in [0.25, 0.3) is 11.9 Å². The number of thiol groups is 1. The maximum absolute atomic E-state index is 10.1. The molecule has 0 spiro atoms. The van der Waals surface area contributed by atoms with E-state index < -0.39 is 33.9 Å². The summed E-state index contributed by atoms with van der Waals surface area (Å²) in [6.07, 6.45) is 2.52. The van der Waals surface area contributed by atoms with Crippen molar-refractivity contribution >= 4 is 58.5 Å². The number of carboxylic acids is 2. The van der Waals surface area contributed by atoms with Crippen LogP contribution in [0.4, 0.5) is 0 Å². The van der Waals surface area contributed by atoms with Crippen molar-refractivity contribution in [2.75, 3.05) is 5.75 Å². The van der Waals surface area contributed by atoms with Crippen molar-refractivity contribution in [2.45, 2.75) is 61.3 Å². The quantitative estimate of drug-likeness (QED) is 0.245. The summed E-state index contributed by atoms with van der Waals surface area (Å²) in [5.41, 5.74) is 0. The molecule has 8 nitrogen and oxygen atoms in total. The van der Waals surface area contributed by atoms with Crippen LogP contribution < -0.4 is 0 Å². The van der Waals surface area contributed by atoms with Gasteiger partial charge in [0.2, 0.25) is 0 Å². The van der Waals surface area contributed by atoms with Gasteiger partial charge in [-0.1, -0.05) is 13.3 Å². The van der Waals surface area contributed by atoms with Gasteiger partial charge in [-0.2, -0.15) is 26.5 Å². The minimum absolute atomic E-state index is 0. The molecule has 0 heterocycles. The molecule has 2 N–H and O–H groups in total. The van der Waals surface area contributed by atoms with Crippen molar-refractivity contribution in [3.8, 4) is 0 Å². The van der Waals surface area contributed by atoms with Crippen LogP contribution in [0.3, 0.4) is 0 Å². The van der Waals surface area contributed by atoms with Crippen LogP contribution in [0.15, 0.2) is 0 Å². The number of hydrogen-bond donors (Lipinski definition) is 3. The van der Waals surface area contributed by atoms with Crippen LogP contribution in [0.1, 0.15) is 61.3 Å². The summed E-state index contributed by atoms with van der Waals surface area (Å²) in [6.45, 7) is 16.9. The topological polar surface area (TPSA) is 127 Å². The smallest absolute Gasteiger partial charge is 0.346 e. The van der Waals surface area contributed by atoms with Gasteiger partial charge in [0.1, 0.15) is 0 Å². The summed E-state index contributed by atoms with van der Waals surface area (Å²) in [6, 6.07) is 0. The zero-order valence-electron chi connectivity index (χ0n) is 17.8. The van der Waals surface area contributed by atoms with Crippen LogP contribution >= 0.6 is 12.6 Å². The summed E-state index contributed by atoms with van der Waals surface area (Å²) in [7, 11) is 0. The minimum Gasteiger partial charge on any atom is -0.346 e. The average molecular weight is 634 g/mol. The first-order chi connectivity index (χ1) is 12.0. The van der Waals surface area contributed by atoms with Crippen molar-refractivity contribution in [1.29, 1.82) is 0 Å². The van der Waals surface area contributed by atoms with E-state index in [0.717, 1.165) is 19.6 Å². The maximum atomic E-state index is 10.1. The summed E-state index contributed by atoms with van der Waals surface area (Å²) in [5.74, 6) is -1.40. The molecule has 0 aliphatic rings. The van der Waals surface area contributed by atoms with Gasteiger partial charge < -0.3 is 24.1 Å². The van der Waals surface area contributed by atoms with E-state index in [-0.39, 0.29) is 48.5 Å². The zero-order valence-corrected chi connectivity index (χ0v) is 25.5. The number of aliphatic carboxylic acids is 2. The van der Waals surface area contributed by atoms with E-state index in [2.05, 4.69) is 39.5 Å². The Kier molecular flexibility index (Phi) is 103. The zero-order chi connectivity index (χ0) is 22.6. The monoisotopic (exact) mass is 633 g/mol. The molecule has 169 valence electrons. The Labute approximate surface area is 210 Å². The van der Waals surface area contributed by atoms with Gasteiger partial charge in [-0.15, -0.1) is 0 Å². The largest absolute Gasteiger partial charge is 2.00 e. The molecule has 12 heteroatoms. The van der Waals surface area contributed by atoms with E-state index in [4.69, 9.17) is 19.8 Å². The van der Waals surface area contributed by atoms with E-state index in [1.165, 1.54) is 26.7 Å². The third-order valence-electron chi connectivity index (χ3n) is 0.882. The Morgan fingerprint density at radius 1 is 0.857 bits per heavy atom. The number of carboxylic acid groups (broad SMARTS) is 2. The van der Waals surface area contributed by atoms with Crippen molar-refractivity contribution in [1.82, 2.24) is 0 Å². The molecule has 0 atom stereocenters. The molecule has 0 fully saturated rings. The molecule has 0 saturated carbocycles. The number of unbranched alkanes of at least 4 members (excludes halogenated alkanes) is 1. The fraction of sp³-hybridized carbons (Fsp3) is 0.625. The second kappa shape index (κ2) is 56.4. The van der Waals surface area contributed by atoms with Crippen LogP contribution in [0, 0.1) is 13.8 Å². The van der Waals surface area contributed by atoms with Crippen LogP contribution in [-0.2, 0) is 61.9 Å². The molecule has 0 aromatic carbocycles. The third-order valence-corrected chi connectivity index (χ3v) is 3.32. The van der Waals surface area contributed by atoms with E-state index in [1.807, 2.05) is 0 Å². The number of carbonyl (C=O) groups excluding carboxylic acids is 2. The molecular weight excluding hydrogens is 600 g/mol. The van der Waals surface area contributed by atoms with Crippen molar-refractivity contribution in [2.24, 2.45) is 0 Å². The Hall–Kier alpha value is 0.172. The van der Waals surface area contributed by atoms with E-state index in [0.29, 0.717) is 0 Å². The van der Waals surface area contributed by atoms with Crippen LogP contribution in [0.25, 0.3) is 0 Å². The second-order valence-corrected chi connectivity index (χ2v) is 5.47. The average Bonchev–Trinajstić information content (AvgIpc) is 2.51. The first-order valence-corrected chi connectivity index (χ1v) is 10.5. The second-order valence-electron chi connectivity index (χ2n) is 3.39. The van der Waals surface area contributed by atoms with Gasteiger partial charge >= 0.3 is 83.0 Å². The molecule has 0 aliphatic carbocycles. The molecular formula is C16H34CuO8SSnZn. The summed E-state index contributed by atoms with van der Waals surface area (Å²) in [4.78, 5) is 38.1. The van der Waals surface area contributed by atoms with Crippen LogP contribution in [0.2, 0.25) is 0 Å². The molecule has 0 aromatic heterocycles. The molecule has 0 saturated heterocycles. The molecule has 0 unspecified atom stereocenters. The van der Waals surface area contributed by atoms with Gasteiger partial charge in [-0.05, 0) is 12.2 Å². The molecule has 28 heavy (non-hydrogen) atoms. The summed E-state index contributed by atoms with van der Waals surface area (Å²) < 4.78 is 8.88. The Morgan fingerprint density at radius 2 is 1.07 bits per heavy atom. The van der Waals surface area contributed by atoms with Gasteiger partial charge in [0.05, 0.1) is 0 Å². The number of carbonyl (C=O) groups is 4. The predicted molar refractivity (Wildman–Crippen MR) is 107 cm³/mol. The molecule has 0 bridgehead atoms. The normalized spacial score (nSPS) is 6.36. The standard InChI is InChI=1S/C4H10S.4C2H4O2.2C2H5.Cu.Sn.Zn/c1-2-3-4-5;4*1-2(3)4;2*1-2;;;/h5H,2-4H2,1H3;4*1H3,(H,3,4);2*1H2,2H3;;;/q;;;;;2*-1;;2*+2/p-2. The Bertz CT molecular complexity index is 289. The van der Waals surface area contributed by atoms with Crippen LogP contribution in [0.5, 0.6) is 0 Å². The Morgan fingerprint density at radius 3 is 1.14 bits per heavy atom. The van der Waals surface area contributed by atoms with E-state index in [1.54, 1.807) is 13.8 Å². The predicted octanol–water partition coefficient (Wildman–Crippen LogP) is 3.22. The van der Waals surface area contributed by atoms with E-state index >= 15 is 0 Å². The molecule has 0 aromatic rings. The number of rotatable bonds is 4. The maximum Gasteiger partial charge on any atom is 2.00 e. The third kappa shape index (κ3) is 248. The Balaban J connectivity index is -0.0000000307. The van der Waals surface area contributed by atoms with Crippen molar-refractivity contribution < 1.29 is 72.1 Å². The van der Waals surface area contributed by atoms with Crippen LogP contribution in [-0.4, -0.2) is 61.8 Å². The van der Waals surface area contributed by atoms with E-state index in [9.17, 15) is 9.59 Å². The fourth-order valence-corrected chi connectivity index (χ4v) is 1.40. The first kappa shape index (κ1) is 51.1. The minimum atomic E-state index is -1.63. The molecule has 0 aliphatic heterocycles. The van der Waals surface area contributed by atoms with Gasteiger partial charge in [0, 0.05) is 30.9 Å². The van der Waals surface area contributed by atoms with Gasteiger partial charge in [0.15, 0.2) is 0 Å². The first-order valence-electron chi connectivity index (χ1n) is 7.52. The fourth-order valence-electron chi connectivity index (χ4n) is 0.296. The molecule has 0 amide bonds.